The summed E-state index contributed by atoms with van der Waals surface area (Å²) in [5, 5.41) is 2.89. The number of amides is 1. The first-order valence-electron chi connectivity index (χ1n) is 11.1. The molecule has 1 aromatic heterocycles. The lowest BCUT2D eigenvalue weighted by atomic mass is 10.1. The summed E-state index contributed by atoms with van der Waals surface area (Å²) in [7, 11) is -3.70. The van der Waals surface area contributed by atoms with E-state index in [0.29, 0.717) is 37.7 Å². The molecule has 3 aromatic rings. The van der Waals surface area contributed by atoms with Crippen molar-refractivity contribution in [3.63, 3.8) is 0 Å². The van der Waals surface area contributed by atoms with Gasteiger partial charge in [-0.1, -0.05) is 24.3 Å². The minimum absolute atomic E-state index is 0.104. The molecule has 4 rings (SSSR count). The van der Waals surface area contributed by atoms with Crippen molar-refractivity contribution < 1.29 is 22.7 Å². The number of benzene rings is 2. The Morgan fingerprint density at radius 3 is 2.68 bits per heavy atom. The molecule has 1 aliphatic rings. The van der Waals surface area contributed by atoms with Crippen LogP contribution in [0.25, 0.3) is 0 Å². The molecule has 0 aliphatic carbocycles. The molecule has 0 bridgehead atoms. The second-order valence-electron chi connectivity index (χ2n) is 8.01. The molecule has 180 valence electrons. The maximum absolute atomic E-state index is 12.5. The van der Waals surface area contributed by atoms with Gasteiger partial charge in [-0.2, -0.15) is 0 Å². The summed E-state index contributed by atoms with van der Waals surface area (Å²) in [6, 6.07) is 12.5. The van der Waals surface area contributed by atoms with Crippen molar-refractivity contribution >= 4 is 15.9 Å². The molecule has 0 fully saturated rings. The van der Waals surface area contributed by atoms with Gasteiger partial charge in [0.15, 0.2) is 11.5 Å². The molecule has 2 N–H and O–H groups in total. The Kier molecular flexibility index (Phi) is 7.49. The minimum atomic E-state index is -3.70. The third-order valence-corrected chi connectivity index (χ3v) is 6.91. The number of hydrogen-bond acceptors (Lipinski definition) is 6. The summed E-state index contributed by atoms with van der Waals surface area (Å²) in [5.74, 6) is 1.76. The molecule has 0 atom stereocenters. The average molecular weight is 485 g/mol. The number of aromatic nitrogens is 2. The lowest BCUT2D eigenvalue weighted by Crippen LogP contribution is -2.27. The molecular formula is C24H28N4O5S. The van der Waals surface area contributed by atoms with Gasteiger partial charge in [-0.25, -0.2) is 18.1 Å². The number of ether oxygens (including phenoxy) is 2. The summed E-state index contributed by atoms with van der Waals surface area (Å²) < 4.78 is 40.5. The highest BCUT2D eigenvalue weighted by molar-refractivity contribution is 7.89. The summed E-state index contributed by atoms with van der Waals surface area (Å²) in [6.45, 7) is 4.07. The van der Waals surface area contributed by atoms with Crippen molar-refractivity contribution in [2.75, 3.05) is 19.8 Å². The van der Waals surface area contributed by atoms with Crippen LogP contribution in [0.4, 0.5) is 0 Å². The van der Waals surface area contributed by atoms with Crippen LogP contribution in [0.2, 0.25) is 0 Å². The van der Waals surface area contributed by atoms with E-state index >= 15 is 0 Å². The van der Waals surface area contributed by atoms with Crippen molar-refractivity contribution in [2.24, 2.45) is 0 Å². The fourth-order valence-electron chi connectivity index (χ4n) is 3.62. The van der Waals surface area contributed by atoms with Gasteiger partial charge >= 0.3 is 0 Å². The highest BCUT2D eigenvalue weighted by atomic mass is 32.2. The fraction of sp³-hybridized carbons (Fsp3) is 0.333. The summed E-state index contributed by atoms with van der Waals surface area (Å²) in [5.41, 5.74) is 2.13. The van der Waals surface area contributed by atoms with E-state index < -0.39 is 10.0 Å². The van der Waals surface area contributed by atoms with Crippen LogP contribution in [0.15, 0.2) is 59.8 Å². The van der Waals surface area contributed by atoms with Gasteiger partial charge < -0.3 is 19.4 Å². The van der Waals surface area contributed by atoms with Gasteiger partial charge in [-0.3, -0.25) is 4.79 Å². The molecule has 9 nitrogen and oxygen atoms in total. The molecular weight excluding hydrogens is 456 g/mol. The molecule has 0 spiro atoms. The third kappa shape index (κ3) is 6.15. The van der Waals surface area contributed by atoms with E-state index in [1.165, 1.54) is 12.1 Å². The van der Waals surface area contributed by atoms with E-state index in [0.717, 1.165) is 23.5 Å². The number of carbonyl (C=O) groups is 1. The normalized spacial score (nSPS) is 13.0. The summed E-state index contributed by atoms with van der Waals surface area (Å²) in [6.07, 6.45) is 4.31. The SMILES string of the molecule is Cc1nccn1Cc1cccc(CNC(=O)CCCNS(=O)(=O)c2ccc3c(c2)OCCO3)c1. The molecule has 1 amide bonds. The van der Waals surface area contributed by atoms with Crippen molar-refractivity contribution in [2.45, 2.75) is 37.8 Å². The van der Waals surface area contributed by atoms with E-state index in [9.17, 15) is 13.2 Å². The van der Waals surface area contributed by atoms with Crippen LogP contribution in [-0.2, 0) is 27.9 Å². The quantitative estimate of drug-likeness (QED) is 0.428. The zero-order valence-corrected chi connectivity index (χ0v) is 19.8. The molecule has 0 saturated carbocycles. The smallest absolute Gasteiger partial charge is 0.240 e. The van der Waals surface area contributed by atoms with Gasteiger partial charge in [-0.05, 0) is 36.6 Å². The van der Waals surface area contributed by atoms with Crippen LogP contribution in [-0.4, -0.2) is 43.6 Å². The molecule has 1 aliphatic heterocycles. The van der Waals surface area contributed by atoms with E-state index in [4.69, 9.17) is 9.47 Å². The topological polar surface area (TPSA) is 112 Å². The van der Waals surface area contributed by atoms with Crippen molar-refractivity contribution in [1.82, 2.24) is 19.6 Å². The number of hydrogen-bond donors (Lipinski definition) is 2. The number of nitrogens with zero attached hydrogens (tertiary/aromatic N) is 2. The van der Waals surface area contributed by atoms with Gasteiger partial charge in [0, 0.05) is 44.5 Å². The Morgan fingerprint density at radius 2 is 1.88 bits per heavy atom. The Bertz CT molecular complexity index is 1260. The van der Waals surface area contributed by atoms with Gasteiger partial charge in [-0.15, -0.1) is 0 Å². The zero-order chi connectivity index (χ0) is 24.0. The fourth-order valence-corrected chi connectivity index (χ4v) is 4.71. The first-order valence-corrected chi connectivity index (χ1v) is 12.6. The first-order chi connectivity index (χ1) is 16.4. The summed E-state index contributed by atoms with van der Waals surface area (Å²) >= 11 is 0. The molecule has 0 unspecified atom stereocenters. The highest BCUT2D eigenvalue weighted by Crippen LogP contribution is 2.32. The monoisotopic (exact) mass is 484 g/mol. The minimum Gasteiger partial charge on any atom is -0.486 e. The number of sulfonamides is 1. The van der Waals surface area contributed by atoms with Gasteiger partial charge in [0.25, 0.3) is 0 Å². The average Bonchev–Trinajstić information content (AvgIpc) is 3.24. The molecule has 0 saturated heterocycles. The molecule has 2 heterocycles. The molecule has 2 aromatic carbocycles. The number of carbonyl (C=O) groups excluding carboxylic acids is 1. The Labute approximate surface area is 199 Å². The molecule has 34 heavy (non-hydrogen) atoms. The van der Waals surface area contributed by atoms with Crippen LogP contribution in [0.5, 0.6) is 11.5 Å². The Hall–Kier alpha value is -3.37. The lowest BCUT2D eigenvalue weighted by molar-refractivity contribution is -0.121. The van der Waals surface area contributed by atoms with Crippen LogP contribution in [0, 0.1) is 6.92 Å². The van der Waals surface area contributed by atoms with Crippen molar-refractivity contribution in [3.05, 3.63) is 71.8 Å². The number of nitrogens with one attached hydrogen (secondary N) is 2. The standard InChI is InChI=1S/C24H28N4O5S/c1-18-25-10-11-28(18)17-20-5-2-4-19(14-20)16-26-24(29)6-3-9-27-34(30,31)21-7-8-22-23(15-21)33-13-12-32-22/h2,4-5,7-8,10-11,14-15,27H,3,6,9,12-13,16-17H2,1H3,(H,26,29). The van der Waals surface area contributed by atoms with Gasteiger partial charge in [0.1, 0.15) is 19.0 Å². The van der Waals surface area contributed by atoms with Crippen LogP contribution in [0.3, 0.4) is 0 Å². The van der Waals surface area contributed by atoms with E-state index in [1.54, 1.807) is 12.3 Å². The maximum Gasteiger partial charge on any atom is 0.240 e. The zero-order valence-electron chi connectivity index (χ0n) is 19.0. The molecule has 0 radical (unpaired) electrons. The van der Waals surface area contributed by atoms with Gasteiger partial charge in [0.2, 0.25) is 15.9 Å². The number of imidazole rings is 1. The number of fused-ring (bicyclic) bond motifs is 1. The highest BCUT2D eigenvalue weighted by Gasteiger charge is 2.19. The lowest BCUT2D eigenvalue weighted by Gasteiger charge is -2.18. The first kappa shape index (κ1) is 23.8. The van der Waals surface area contributed by atoms with Crippen LogP contribution in [0.1, 0.15) is 29.8 Å². The molecule has 10 heteroatoms. The van der Waals surface area contributed by atoms with E-state index in [-0.39, 0.29) is 23.8 Å². The van der Waals surface area contributed by atoms with Crippen LogP contribution >= 0.6 is 0 Å². The largest absolute Gasteiger partial charge is 0.486 e. The van der Waals surface area contributed by atoms with Gasteiger partial charge in [0.05, 0.1) is 4.90 Å². The second-order valence-corrected chi connectivity index (χ2v) is 9.77. The Balaban J connectivity index is 1.20. The van der Waals surface area contributed by atoms with Crippen molar-refractivity contribution in [3.8, 4) is 11.5 Å². The second kappa shape index (κ2) is 10.7. The number of rotatable bonds is 10. The van der Waals surface area contributed by atoms with Crippen molar-refractivity contribution in [1.29, 1.82) is 0 Å². The Morgan fingerprint density at radius 1 is 1.09 bits per heavy atom. The maximum atomic E-state index is 12.5. The van der Waals surface area contributed by atoms with Crippen LogP contribution < -0.4 is 19.5 Å². The number of aryl methyl sites for hydroxylation is 1. The predicted octanol–water partition coefficient (Wildman–Crippen LogP) is 2.39. The van der Waals surface area contributed by atoms with E-state index in [2.05, 4.69) is 25.7 Å². The third-order valence-electron chi connectivity index (χ3n) is 5.45. The summed E-state index contributed by atoms with van der Waals surface area (Å²) in [4.78, 5) is 16.6. The van der Waals surface area contributed by atoms with E-state index in [1.807, 2.05) is 31.3 Å². The predicted molar refractivity (Wildman–Crippen MR) is 126 cm³/mol.